The Balaban J connectivity index is 1.85. The van der Waals surface area contributed by atoms with Gasteiger partial charge in [-0.1, -0.05) is 72.5 Å². The number of ether oxygens (including phenoxy) is 1. The van der Waals surface area contributed by atoms with Crippen LogP contribution in [0.1, 0.15) is 24.5 Å². The maximum Gasteiger partial charge on any atom is 0.258 e. The summed E-state index contributed by atoms with van der Waals surface area (Å²) in [5.41, 5.74) is 2.30. The van der Waals surface area contributed by atoms with Crippen molar-refractivity contribution >= 4 is 45.8 Å². The Morgan fingerprint density at radius 1 is 1.14 bits per heavy atom. The lowest BCUT2D eigenvalue weighted by Crippen LogP contribution is -2.13. The summed E-state index contributed by atoms with van der Waals surface area (Å²) in [7, 11) is 1.63. The van der Waals surface area contributed by atoms with Crippen LogP contribution in [0.3, 0.4) is 0 Å². The van der Waals surface area contributed by atoms with Gasteiger partial charge in [0.1, 0.15) is 5.75 Å². The largest absolute Gasteiger partial charge is 0.497 e. The van der Waals surface area contributed by atoms with E-state index in [1.807, 2.05) is 60.7 Å². The molecule has 0 aliphatic rings. The lowest BCUT2D eigenvalue weighted by atomic mass is 10.0. The highest BCUT2D eigenvalue weighted by Gasteiger charge is 2.15. The molecule has 0 bridgehead atoms. The van der Waals surface area contributed by atoms with Crippen LogP contribution in [0.4, 0.5) is 5.13 Å². The first kappa shape index (κ1) is 20.1. The molecule has 0 aliphatic heterocycles. The molecule has 7 heteroatoms. The van der Waals surface area contributed by atoms with Crippen LogP contribution in [0, 0.1) is 0 Å². The molecule has 0 saturated heterocycles. The van der Waals surface area contributed by atoms with Crippen molar-refractivity contribution < 1.29 is 9.53 Å². The first-order chi connectivity index (χ1) is 13.7. The van der Waals surface area contributed by atoms with Crippen LogP contribution in [0.2, 0.25) is 0 Å². The van der Waals surface area contributed by atoms with Crippen molar-refractivity contribution in [2.75, 3.05) is 18.2 Å². The number of nitrogens with one attached hydrogen (secondary N) is 1. The van der Waals surface area contributed by atoms with E-state index in [4.69, 9.17) is 4.74 Å². The zero-order valence-corrected chi connectivity index (χ0v) is 17.3. The molecule has 3 aromatic rings. The number of benzene rings is 2. The number of nitrogens with zero attached hydrogens (tertiary/aromatic N) is 2. The number of carbonyl (C=O) groups is 1. The molecule has 2 aromatic carbocycles. The van der Waals surface area contributed by atoms with Crippen LogP contribution in [0.25, 0.3) is 11.6 Å². The summed E-state index contributed by atoms with van der Waals surface area (Å²) < 4.78 is 6.06. The van der Waals surface area contributed by atoms with Crippen molar-refractivity contribution in [1.29, 1.82) is 0 Å². The topological polar surface area (TPSA) is 64.1 Å². The maximum atomic E-state index is 13.0. The molecule has 0 radical (unpaired) electrons. The average molecular weight is 412 g/mol. The minimum atomic E-state index is -0.217. The van der Waals surface area contributed by atoms with E-state index in [-0.39, 0.29) is 5.91 Å². The van der Waals surface area contributed by atoms with Gasteiger partial charge in [0.25, 0.3) is 5.91 Å². The third-order valence-electron chi connectivity index (χ3n) is 3.81. The van der Waals surface area contributed by atoms with Gasteiger partial charge in [-0.3, -0.25) is 10.1 Å². The van der Waals surface area contributed by atoms with Crippen molar-refractivity contribution in [3.63, 3.8) is 0 Å². The van der Waals surface area contributed by atoms with Gasteiger partial charge in [-0.25, -0.2) is 0 Å². The standard InChI is InChI=1S/C21H21N3O2S2/c1-3-13-27-21-24-23-20(28-21)22-19(25)18(16-7-5-4-6-8-16)14-15-9-11-17(26-2)12-10-15/h4-12,14H,3,13H2,1-2H3,(H,22,23,25)/b18-14+. The third kappa shape index (κ3) is 5.43. The second-order valence-corrected chi connectivity index (χ2v) is 8.19. The van der Waals surface area contributed by atoms with Gasteiger partial charge in [-0.15, -0.1) is 10.2 Å². The van der Waals surface area contributed by atoms with Gasteiger partial charge in [0.05, 0.1) is 7.11 Å². The fraction of sp³-hybridized carbons (Fsp3) is 0.190. The van der Waals surface area contributed by atoms with Crippen LogP contribution < -0.4 is 10.1 Å². The van der Waals surface area contributed by atoms with E-state index < -0.39 is 0 Å². The van der Waals surface area contributed by atoms with Gasteiger partial charge >= 0.3 is 0 Å². The second-order valence-electron chi connectivity index (χ2n) is 5.87. The number of hydrogen-bond acceptors (Lipinski definition) is 6. The van der Waals surface area contributed by atoms with Crippen molar-refractivity contribution in [2.24, 2.45) is 0 Å². The van der Waals surface area contributed by atoms with Crippen LogP contribution in [-0.2, 0) is 4.79 Å². The summed E-state index contributed by atoms with van der Waals surface area (Å²) in [6, 6.07) is 17.1. The van der Waals surface area contributed by atoms with Gasteiger partial charge in [-0.2, -0.15) is 0 Å². The minimum Gasteiger partial charge on any atom is -0.497 e. The normalized spacial score (nSPS) is 11.3. The Morgan fingerprint density at radius 3 is 2.57 bits per heavy atom. The predicted molar refractivity (Wildman–Crippen MR) is 117 cm³/mol. The van der Waals surface area contributed by atoms with E-state index in [0.29, 0.717) is 10.7 Å². The molecule has 0 fully saturated rings. The fourth-order valence-corrected chi connectivity index (χ4v) is 4.11. The maximum absolute atomic E-state index is 13.0. The van der Waals surface area contributed by atoms with E-state index in [2.05, 4.69) is 22.4 Å². The van der Waals surface area contributed by atoms with Crippen LogP contribution in [-0.4, -0.2) is 29.0 Å². The number of rotatable bonds is 8. The van der Waals surface area contributed by atoms with E-state index in [1.54, 1.807) is 18.9 Å². The summed E-state index contributed by atoms with van der Waals surface area (Å²) in [6.07, 6.45) is 2.92. The Morgan fingerprint density at radius 2 is 1.89 bits per heavy atom. The molecule has 1 amide bonds. The molecular formula is C21H21N3O2S2. The molecule has 1 N–H and O–H groups in total. The monoisotopic (exact) mass is 411 g/mol. The lowest BCUT2D eigenvalue weighted by molar-refractivity contribution is -0.111. The Hall–Kier alpha value is -2.64. The van der Waals surface area contributed by atoms with Gasteiger partial charge in [0.15, 0.2) is 4.34 Å². The number of anilines is 1. The zero-order chi connectivity index (χ0) is 19.8. The van der Waals surface area contributed by atoms with E-state index in [0.717, 1.165) is 33.4 Å². The summed E-state index contributed by atoms with van der Waals surface area (Å²) in [6.45, 7) is 2.12. The van der Waals surface area contributed by atoms with Crippen LogP contribution >= 0.6 is 23.1 Å². The lowest BCUT2D eigenvalue weighted by Gasteiger charge is -2.08. The van der Waals surface area contributed by atoms with Gasteiger partial charge < -0.3 is 4.74 Å². The van der Waals surface area contributed by atoms with Crippen molar-refractivity contribution in [1.82, 2.24) is 10.2 Å². The van der Waals surface area contributed by atoms with E-state index in [9.17, 15) is 4.79 Å². The molecule has 1 heterocycles. The molecule has 28 heavy (non-hydrogen) atoms. The van der Waals surface area contributed by atoms with Crippen molar-refractivity contribution in [3.05, 3.63) is 65.7 Å². The zero-order valence-electron chi connectivity index (χ0n) is 15.7. The molecule has 3 rings (SSSR count). The average Bonchev–Trinajstić information content (AvgIpc) is 3.18. The number of aromatic nitrogens is 2. The highest BCUT2D eigenvalue weighted by Crippen LogP contribution is 2.27. The molecule has 5 nitrogen and oxygen atoms in total. The van der Waals surface area contributed by atoms with Gasteiger partial charge in [0.2, 0.25) is 5.13 Å². The first-order valence-corrected chi connectivity index (χ1v) is 10.7. The highest BCUT2D eigenvalue weighted by molar-refractivity contribution is 8.01. The molecule has 144 valence electrons. The summed E-state index contributed by atoms with van der Waals surface area (Å²) in [4.78, 5) is 13.0. The van der Waals surface area contributed by atoms with Crippen LogP contribution in [0.5, 0.6) is 5.75 Å². The fourth-order valence-electron chi connectivity index (χ4n) is 2.44. The van der Waals surface area contributed by atoms with Gasteiger partial charge in [-0.05, 0) is 35.8 Å². The number of methoxy groups -OCH3 is 1. The molecule has 0 saturated carbocycles. The quantitative estimate of drug-likeness (QED) is 0.238. The summed E-state index contributed by atoms with van der Waals surface area (Å²) in [5, 5.41) is 11.6. The Bertz CT molecular complexity index is 938. The first-order valence-electron chi connectivity index (χ1n) is 8.88. The molecule has 0 unspecified atom stereocenters. The van der Waals surface area contributed by atoms with Gasteiger partial charge in [0, 0.05) is 11.3 Å². The van der Waals surface area contributed by atoms with E-state index >= 15 is 0 Å². The third-order valence-corrected chi connectivity index (χ3v) is 5.99. The van der Waals surface area contributed by atoms with Crippen LogP contribution in [0.15, 0.2) is 58.9 Å². The number of carbonyl (C=O) groups excluding carboxylic acids is 1. The Labute approximate surface area is 172 Å². The van der Waals surface area contributed by atoms with Crippen molar-refractivity contribution in [2.45, 2.75) is 17.7 Å². The SMILES string of the molecule is CCCSc1nnc(NC(=O)/C(=C/c2ccc(OC)cc2)c2ccccc2)s1. The Kier molecular flexibility index (Phi) is 7.22. The predicted octanol–water partition coefficient (Wildman–Crippen LogP) is 5.23. The number of hydrogen-bond donors (Lipinski definition) is 1. The smallest absolute Gasteiger partial charge is 0.258 e. The molecule has 0 atom stereocenters. The molecule has 1 aromatic heterocycles. The molecule has 0 spiro atoms. The second kappa shape index (κ2) is 10.1. The summed E-state index contributed by atoms with van der Waals surface area (Å²) >= 11 is 3.04. The number of amides is 1. The minimum absolute atomic E-state index is 0.217. The van der Waals surface area contributed by atoms with Crippen molar-refractivity contribution in [3.8, 4) is 5.75 Å². The molecule has 0 aliphatic carbocycles. The molecular weight excluding hydrogens is 390 g/mol. The van der Waals surface area contributed by atoms with E-state index in [1.165, 1.54) is 11.3 Å². The highest BCUT2D eigenvalue weighted by atomic mass is 32.2. The number of thioether (sulfide) groups is 1. The summed E-state index contributed by atoms with van der Waals surface area (Å²) in [5.74, 6) is 1.54.